The quantitative estimate of drug-likeness (QED) is 0.845. The summed E-state index contributed by atoms with van der Waals surface area (Å²) in [7, 11) is 3.95. The minimum Gasteiger partial charge on any atom is -0.398 e. The molecule has 1 atom stereocenters. The fourth-order valence-electron chi connectivity index (χ4n) is 2.50. The Kier molecular flexibility index (Phi) is 4.32. The van der Waals surface area contributed by atoms with Crippen molar-refractivity contribution in [2.45, 2.75) is 18.9 Å². The first-order chi connectivity index (χ1) is 8.99. The third-order valence-corrected chi connectivity index (χ3v) is 4.05. The van der Waals surface area contributed by atoms with E-state index in [4.69, 9.17) is 17.3 Å². The molecule has 4 nitrogen and oxygen atoms in total. The number of likely N-dealkylation sites (N-methyl/N-ethyl adjacent to an activating group) is 2. The summed E-state index contributed by atoms with van der Waals surface area (Å²) in [5.74, 6) is 0.00340. The molecule has 5 heteroatoms. The molecule has 1 saturated heterocycles. The predicted octanol–water partition coefficient (Wildman–Crippen LogP) is 2.09. The molecule has 1 aromatic carbocycles. The van der Waals surface area contributed by atoms with E-state index in [-0.39, 0.29) is 11.9 Å². The van der Waals surface area contributed by atoms with Crippen molar-refractivity contribution < 1.29 is 4.79 Å². The van der Waals surface area contributed by atoms with E-state index >= 15 is 0 Å². The van der Waals surface area contributed by atoms with Crippen LogP contribution in [0.1, 0.15) is 23.2 Å². The Hall–Kier alpha value is -1.26. The van der Waals surface area contributed by atoms with Crippen molar-refractivity contribution in [3.63, 3.8) is 0 Å². The van der Waals surface area contributed by atoms with Crippen LogP contribution in [0.2, 0.25) is 5.02 Å². The van der Waals surface area contributed by atoms with E-state index in [9.17, 15) is 4.79 Å². The Morgan fingerprint density at radius 3 is 2.89 bits per heavy atom. The van der Waals surface area contributed by atoms with Gasteiger partial charge in [-0.1, -0.05) is 11.6 Å². The molecule has 1 heterocycles. The van der Waals surface area contributed by atoms with Gasteiger partial charge in [0, 0.05) is 25.2 Å². The van der Waals surface area contributed by atoms with Crippen LogP contribution in [-0.4, -0.2) is 48.9 Å². The number of piperidine rings is 1. The lowest BCUT2D eigenvalue weighted by atomic mass is 10.0. The molecule has 0 radical (unpaired) electrons. The number of hydrogen-bond donors (Lipinski definition) is 1. The van der Waals surface area contributed by atoms with Gasteiger partial charge in [0.2, 0.25) is 0 Å². The molecule has 0 spiro atoms. The standard InChI is InChI=1S/C14H20ClN3O/c1-17-7-3-4-11(9-17)18(2)14(19)10-5-6-12(15)13(16)8-10/h5-6,8,11H,3-4,7,9,16H2,1-2H3. The molecule has 1 fully saturated rings. The Morgan fingerprint density at radius 2 is 2.26 bits per heavy atom. The van der Waals surface area contributed by atoms with Crippen LogP contribution >= 0.6 is 11.6 Å². The fourth-order valence-corrected chi connectivity index (χ4v) is 2.62. The monoisotopic (exact) mass is 281 g/mol. The lowest BCUT2D eigenvalue weighted by Crippen LogP contribution is -2.47. The summed E-state index contributed by atoms with van der Waals surface area (Å²) < 4.78 is 0. The Balaban J connectivity index is 2.11. The van der Waals surface area contributed by atoms with Crippen LogP contribution in [0, 0.1) is 0 Å². The maximum Gasteiger partial charge on any atom is 0.253 e. The second-order valence-corrected chi connectivity index (χ2v) is 5.62. The molecule has 2 N–H and O–H groups in total. The minimum absolute atomic E-state index is 0.00340. The number of nitrogens with zero attached hydrogens (tertiary/aromatic N) is 2. The van der Waals surface area contributed by atoms with Gasteiger partial charge in [-0.3, -0.25) is 4.79 Å². The summed E-state index contributed by atoms with van der Waals surface area (Å²) in [5, 5.41) is 0.483. The van der Waals surface area contributed by atoms with E-state index in [2.05, 4.69) is 11.9 Å². The number of halogens is 1. The van der Waals surface area contributed by atoms with E-state index in [1.165, 1.54) is 0 Å². The normalized spacial score (nSPS) is 20.3. The van der Waals surface area contributed by atoms with E-state index in [0.29, 0.717) is 16.3 Å². The fraction of sp³-hybridized carbons (Fsp3) is 0.500. The van der Waals surface area contributed by atoms with Gasteiger partial charge < -0.3 is 15.5 Å². The molecule has 1 aliphatic heterocycles. The second kappa shape index (κ2) is 5.80. The van der Waals surface area contributed by atoms with Gasteiger partial charge in [-0.2, -0.15) is 0 Å². The molecule has 0 aliphatic carbocycles. The van der Waals surface area contributed by atoms with Crippen molar-refractivity contribution in [2.24, 2.45) is 0 Å². The average Bonchev–Trinajstić information content (AvgIpc) is 2.40. The number of anilines is 1. The molecule has 1 unspecified atom stereocenters. The molecule has 0 bridgehead atoms. The number of carbonyl (C=O) groups is 1. The highest BCUT2D eigenvalue weighted by atomic mass is 35.5. The van der Waals surface area contributed by atoms with Crippen LogP contribution in [0.5, 0.6) is 0 Å². The lowest BCUT2D eigenvalue weighted by Gasteiger charge is -2.35. The van der Waals surface area contributed by atoms with Gasteiger partial charge in [-0.05, 0) is 44.6 Å². The van der Waals surface area contributed by atoms with E-state index in [1.54, 1.807) is 18.2 Å². The van der Waals surface area contributed by atoms with Crippen LogP contribution in [0.3, 0.4) is 0 Å². The highest BCUT2D eigenvalue weighted by Gasteiger charge is 2.25. The van der Waals surface area contributed by atoms with Crippen LogP contribution in [-0.2, 0) is 0 Å². The zero-order valence-electron chi connectivity index (χ0n) is 11.4. The van der Waals surface area contributed by atoms with Crippen LogP contribution in [0.4, 0.5) is 5.69 Å². The van der Waals surface area contributed by atoms with Gasteiger partial charge in [-0.25, -0.2) is 0 Å². The number of rotatable bonds is 2. The zero-order chi connectivity index (χ0) is 14.0. The molecule has 1 amide bonds. The Morgan fingerprint density at radius 1 is 1.53 bits per heavy atom. The first-order valence-electron chi connectivity index (χ1n) is 6.50. The lowest BCUT2D eigenvalue weighted by molar-refractivity contribution is 0.0644. The Labute approximate surface area is 119 Å². The maximum absolute atomic E-state index is 12.4. The summed E-state index contributed by atoms with van der Waals surface area (Å²) in [6.45, 7) is 2.03. The molecule has 0 saturated carbocycles. The number of nitrogen functional groups attached to an aromatic ring is 1. The summed E-state index contributed by atoms with van der Waals surface area (Å²) in [4.78, 5) is 16.5. The minimum atomic E-state index is 0.00340. The number of carbonyl (C=O) groups excluding carboxylic acids is 1. The zero-order valence-corrected chi connectivity index (χ0v) is 12.2. The van der Waals surface area contributed by atoms with Crippen LogP contribution in [0.25, 0.3) is 0 Å². The molecular formula is C14H20ClN3O. The largest absolute Gasteiger partial charge is 0.398 e. The van der Waals surface area contributed by atoms with Crippen molar-refractivity contribution in [2.75, 3.05) is 32.9 Å². The molecule has 104 valence electrons. The molecule has 1 aromatic rings. The van der Waals surface area contributed by atoms with Gasteiger partial charge >= 0.3 is 0 Å². The molecule has 19 heavy (non-hydrogen) atoms. The van der Waals surface area contributed by atoms with Gasteiger partial charge in [-0.15, -0.1) is 0 Å². The van der Waals surface area contributed by atoms with Gasteiger partial charge in [0.15, 0.2) is 0 Å². The highest BCUT2D eigenvalue weighted by Crippen LogP contribution is 2.22. The van der Waals surface area contributed by atoms with Crippen LogP contribution < -0.4 is 5.73 Å². The second-order valence-electron chi connectivity index (χ2n) is 5.21. The Bertz CT molecular complexity index is 478. The van der Waals surface area contributed by atoms with Crippen molar-refractivity contribution >= 4 is 23.2 Å². The molecule has 0 aromatic heterocycles. The van der Waals surface area contributed by atoms with E-state index in [1.807, 2.05) is 11.9 Å². The number of likely N-dealkylation sites (tertiary alicyclic amines) is 1. The van der Waals surface area contributed by atoms with Crippen molar-refractivity contribution in [1.82, 2.24) is 9.80 Å². The maximum atomic E-state index is 12.4. The summed E-state index contributed by atoms with van der Waals surface area (Å²) in [6.07, 6.45) is 2.18. The van der Waals surface area contributed by atoms with Gasteiger partial charge in [0.1, 0.15) is 0 Å². The topological polar surface area (TPSA) is 49.6 Å². The molecule has 1 aliphatic rings. The van der Waals surface area contributed by atoms with E-state index in [0.717, 1.165) is 25.9 Å². The summed E-state index contributed by atoms with van der Waals surface area (Å²) in [5.41, 5.74) is 6.79. The average molecular weight is 282 g/mol. The van der Waals surface area contributed by atoms with E-state index < -0.39 is 0 Å². The van der Waals surface area contributed by atoms with Crippen LogP contribution in [0.15, 0.2) is 18.2 Å². The first-order valence-corrected chi connectivity index (χ1v) is 6.87. The molecule has 2 rings (SSSR count). The number of benzene rings is 1. The number of amides is 1. The molecular weight excluding hydrogens is 262 g/mol. The SMILES string of the molecule is CN1CCCC(N(C)C(=O)c2ccc(Cl)c(N)c2)C1. The summed E-state index contributed by atoms with van der Waals surface area (Å²) in [6, 6.07) is 5.31. The van der Waals surface area contributed by atoms with Gasteiger partial charge in [0.05, 0.1) is 10.7 Å². The number of hydrogen-bond acceptors (Lipinski definition) is 3. The van der Waals surface area contributed by atoms with Gasteiger partial charge in [0.25, 0.3) is 5.91 Å². The third kappa shape index (κ3) is 3.19. The smallest absolute Gasteiger partial charge is 0.253 e. The van der Waals surface area contributed by atoms with Crippen molar-refractivity contribution in [1.29, 1.82) is 0 Å². The number of nitrogens with two attached hydrogens (primary N) is 1. The van der Waals surface area contributed by atoms with Crippen molar-refractivity contribution in [3.05, 3.63) is 28.8 Å². The van der Waals surface area contributed by atoms with Crippen molar-refractivity contribution in [3.8, 4) is 0 Å². The summed E-state index contributed by atoms with van der Waals surface area (Å²) >= 11 is 5.88. The highest BCUT2D eigenvalue weighted by molar-refractivity contribution is 6.33. The first kappa shape index (κ1) is 14.2. The predicted molar refractivity (Wildman–Crippen MR) is 78.5 cm³/mol. The third-order valence-electron chi connectivity index (χ3n) is 3.71.